The zero-order chi connectivity index (χ0) is 38.7. The molecule has 1 unspecified atom stereocenters. The Morgan fingerprint density at radius 3 is 2.38 bits per heavy atom. The third kappa shape index (κ3) is 9.37. The van der Waals surface area contributed by atoms with Gasteiger partial charge in [-0.05, 0) is 81.8 Å². The van der Waals surface area contributed by atoms with Crippen molar-refractivity contribution in [1.29, 1.82) is 0 Å². The maximum atomic E-state index is 15.5. The molecule has 12 nitrogen and oxygen atoms in total. The summed E-state index contributed by atoms with van der Waals surface area (Å²) in [5.74, 6) is -1.00. The lowest BCUT2D eigenvalue weighted by atomic mass is 9.70. The maximum absolute atomic E-state index is 15.5. The summed E-state index contributed by atoms with van der Waals surface area (Å²) in [7, 11) is 1.74. The average Bonchev–Trinajstić information content (AvgIpc) is 3.53. The van der Waals surface area contributed by atoms with E-state index in [2.05, 4.69) is 10.1 Å². The van der Waals surface area contributed by atoms with E-state index in [9.17, 15) is 27.9 Å². The summed E-state index contributed by atoms with van der Waals surface area (Å²) in [4.78, 5) is 30.2. The number of alkyl halides is 3. The Morgan fingerprint density at radius 2 is 1.79 bits per heavy atom. The van der Waals surface area contributed by atoms with Crippen molar-refractivity contribution >= 4 is 35.6 Å². The Hall–Kier alpha value is -4.48. The Morgan fingerprint density at radius 1 is 1.09 bits per heavy atom. The van der Waals surface area contributed by atoms with Crippen molar-refractivity contribution in [2.24, 2.45) is 0 Å². The van der Waals surface area contributed by atoms with E-state index in [4.69, 9.17) is 18.8 Å². The van der Waals surface area contributed by atoms with Crippen LogP contribution in [0.25, 0.3) is 16.5 Å². The molecule has 2 aromatic heterocycles. The van der Waals surface area contributed by atoms with Gasteiger partial charge in [0.15, 0.2) is 6.23 Å². The molecule has 0 radical (unpaired) electrons. The van der Waals surface area contributed by atoms with E-state index in [0.717, 1.165) is 17.7 Å². The molecule has 5 rings (SSSR count). The summed E-state index contributed by atoms with van der Waals surface area (Å²) < 4.78 is 84.0. The third-order valence-electron chi connectivity index (χ3n) is 9.56. The van der Waals surface area contributed by atoms with Crippen molar-refractivity contribution in [2.75, 3.05) is 40.4 Å². The molecule has 0 saturated carbocycles. The smallest absolute Gasteiger partial charge is 0.476 e. The number of carbonyl (C=O) groups is 2. The Kier molecular flexibility index (Phi) is 11.9. The van der Waals surface area contributed by atoms with Crippen molar-refractivity contribution in [3.05, 3.63) is 71.2 Å². The summed E-state index contributed by atoms with van der Waals surface area (Å²) in [5.41, 5.74) is -1.14. The van der Waals surface area contributed by atoms with Crippen LogP contribution in [0, 0.1) is 5.95 Å². The summed E-state index contributed by atoms with van der Waals surface area (Å²) in [6.45, 7) is 7.23. The van der Waals surface area contributed by atoms with E-state index in [-0.39, 0.29) is 59.0 Å². The molecule has 2 amide bonds. The second-order valence-corrected chi connectivity index (χ2v) is 14.2. The number of amides is 2. The molecule has 53 heavy (non-hydrogen) atoms. The average molecular weight is 746 g/mol. The van der Waals surface area contributed by atoms with Crippen molar-refractivity contribution in [1.82, 2.24) is 24.6 Å². The quantitative estimate of drug-likeness (QED) is 0.123. The van der Waals surface area contributed by atoms with E-state index in [1.807, 2.05) is 0 Å². The van der Waals surface area contributed by atoms with Gasteiger partial charge in [0.1, 0.15) is 6.61 Å². The highest BCUT2D eigenvalue weighted by molar-refractivity contribution is 6.56. The van der Waals surface area contributed by atoms with Crippen LogP contribution in [0.5, 0.6) is 5.88 Å². The fourth-order valence-electron chi connectivity index (χ4n) is 5.99. The first kappa shape index (κ1) is 39.7. The van der Waals surface area contributed by atoms with Crippen molar-refractivity contribution in [3.63, 3.8) is 0 Å². The molecule has 0 spiro atoms. The van der Waals surface area contributed by atoms with E-state index in [0.29, 0.717) is 18.5 Å². The molecule has 17 heteroatoms. The third-order valence-corrected chi connectivity index (χ3v) is 9.56. The standard InChI is InChI=1S/C36H44BF4N5O7/c1-34(2)35(3,4)53-37(52-34)26(21-36(39,40)41)31(23-12-14-27-25(20-23)32(38)43-46(27)30-11-7-8-18-51-30)24-13-15-28(42-22-24)50-19-17-45(33(48)49)16-9-10-29(47)44(5)6/h9-10,12-15,20,22,30H,7-8,11,16-19,21H2,1-6H3,(H,48,49). The molecule has 0 aliphatic carbocycles. The van der Waals surface area contributed by atoms with Gasteiger partial charge in [0, 0.05) is 51.1 Å². The van der Waals surface area contributed by atoms with Crippen LogP contribution in [-0.4, -0.2) is 107 Å². The maximum Gasteiger partial charge on any atom is 0.491 e. The lowest BCUT2D eigenvalue weighted by Crippen LogP contribution is -2.41. The number of nitrogens with zero attached hydrogens (tertiary/aromatic N) is 5. The summed E-state index contributed by atoms with van der Waals surface area (Å²) in [5, 5.41) is 13.8. The van der Waals surface area contributed by atoms with Gasteiger partial charge in [-0.1, -0.05) is 12.1 Å². The first-order valence-electron chi connectivity index (χ1n) is 17.3. The van der Waals surface area contributed by atoms with Gasteiger partial charge in [0.05, 0.1) is 35.1 Å². The Balaban J connectivity index is 1.51. The molecule has 2 aliphatic heterocycles. The highest BCUT2D eigenvalue weighted by atomic mass is 19.4. The Labute approximate surface area is 305 Å². The number of aromatic nitrogens is 3. The number of likely N-dealkylation sites (N-methyl/N-ethyl adjacent to an activating group) is 1. The predicted molar refractivity (Wildman–Crippen MR) is 188 cm³/mol. The summed E-state index contributed by atoms with van der Waals surface area (Å²) >= 11 is 0. The lowest BCUT2D eigenvalue weighted by Gasteiger charge is -2.32. The van der Waals surface area contributed by atoms with Crippen molar-refractivity contribution in [2.45, 2.75) is 77.0 Å². The number of carboxylic acid groups (broad SMARTS) is 1. The number of rotatable bonds is 12. The first-order valence-corrected chi connectivity index (χ1v) is 17.3. The SMILES string of the molecule is CN(C)C(=O)C=CCN(CCOc1ccc(C(=C(CC(F)(F)F)B2OC(C)(C)C(C)(C)O2)c2ccc3c(c2)c(F)nn3C2CCCCO2)cn1)C(=O)O. The molecule has 4 heterocycles. The van der Waals surface area contributed by atoms with E-state index in [1.54, 1.807) is 53.9 Å². The second kappa shape index (κ2) is 15.9. The van der Waals surface area contributed by atoms with Gasteiger partial charge >= 0.3 is 19.4 Å². The van der Waals surface area contributed by atoms with E-state index in [1.165, 1.54) is 46.1 Å². The molecule has 1 N–H and O–H groups in total. The Bertz CT molecular complexity index is 1840. The monoisotopic (exact) mass is 745 g/mol. The molecule has 2 saturated heterocycles. The van der Waals surface area contributed by atoms with Crippen LogP contribution < -0.4 is 4.74 Å². The van der Waals surface area contributed by atoms with Gasteiger partial charge in [-0.25, -0.2) is 14.5 Å². The summed E-state index contributed by atoms with van der Waals surface area (Å²) in [6.07, 6.45) is -1.33. The molecular formula is C36H44BF4N5O7. The highest BCUT2D eigenvalue weighted by Crippen LogP contribution is 2.44. The fraction of sp³-hybridized carbons (Fsp3) is 0.500. The number of hydrogen-bond acceptors (Lipinski definition) is 8. The van der Waals surface area contributed by atoms with Crippen LogP contribution >= 0.6 is 0 Å². The largest absolute Gasteiger partial charge is 0.491 e. The number of pyridine rings is 1. The van der Waals surface area contributed by atoms with Gasteiger partial charge in [0.2, 0.25) is 17.7 Å². The first-order chi connectivity index (χ1) is 24.9. The number of ether oxygens (including phenoxy) is 2. The molecule has 2 fully saturated rings. The number of allylic oxidation sites excluding steroid dienone is 1. The molecule has 286 valence electrons. The zero-order valence-electron chi connectivity index (χ0n) is 30.6. The van der Waals surface area contributed by atoms with Crippen LogP contribution in [-0.2, 0) is 18.8 Å². The minimum absolute atomic E-state index is 0.0583. The normalized spacial score (nSPS) is 19.1. The van der Waals surface area contributed by atoms with E-state index < -0.39 is 49.2 Å². The van der Waals surface area contributed by atoms with Crippen LogP contribution in [0.4, 0.5) is 22.4 Å². The van der Waals surface area contributed by atoms with Gasteiger partial charge in [-0.2, -0.15) is 17.6 Å². The fourth-order valence-corrected chi connectivity index (χ4v) is 5.99. The number of fused-ring (bicyclic) bond motifs is 1. The molecule has 3 aromatic rings. The summed E-state index contributed by atoms with van der Waals surface area (Å²) in [6, 6.07) is 7.64. The van der Waals surface area contributed by atoms with E-state index >= 15 is 4.39 Å². The van der Waals surface area contributed by atoms with Crippen molar-refractivity contribution < 1.29 is 51.0 Å². The van der Waals surface area contributed by atoms with Gasteiger partial charge in [-0.3, -0.25) is 4.79 Å². The van der Waals surface area contributed by atoms with Crippen LogP contribution in [0.3, 0.4) is 0 Å². The minimum Gasteiger partial charge on any atom is -0.476 e. The highest BCUT2D eigenvalue weighted by Gasteiger charge is 2.54. The second-order valence-electron chi connectivity index (χ2n) is 14.2. The number of carbonyl (C=O) groups excluding carboxylic acids is 1. The topological polar surface area (TPSA) is 128 Å². The number of halogens is 4. The predicted octanol–water partition coefficient (Wildman–Crippen LogP) is 6.66. The van der Waals surface area contributed by atoms with Crippen LogP contribution in [0.15, 0.2) is 54.2 Å². The van der Waals surface area contributed by atoms with Crippen LogP contribution in [0.1, 0.15) is 70.7 Å². The molecular weight excluding hydrogens is 701 g/mol. The van der Waals surface area contributed by atoms with Crippen molar-refractivity contribution in [3.8, 4) is 5.88 Å². The van der Waals surface area contributed by atoms with Crippen LogP contribution in [0.2, 0.25) is 0 Å². The minimum atomic E-state index is -4.68. The molecule has 1 aromatic carbocycles. The van der Waals surface area contributed by atoms with Gasteiger partial charge in [-0.15, -0.1) is 5.10 Å². The molecule has 0 bridgehead atoms. The van der Waals surface area contributed by atoms with Gasteiger partial charge in [0.25, 0.3) is 0 Å². The zero-order valence-corrected chi connectivity index (χ0v) is 30.6. The number of benzene rings is 1. The molecule has 1 atom stereocenters. The number of hydrogen-bond donors (Lipinski definition) is 1. The van der Waals surface area contributed by atoms with Gasteiger partial charge < -0.3 is 33.7 Å². The molecule has 2 aliphatic rings. The lowest BCUT2D eigenvalue weighted by molar-refractivity contribution is -0.126.